The molecule has 0 unspecified atom stereocenters. The van der Waals surface area contributed by atoms with Crippen molar-refractivity contribution in [1.82, 2.24) is 14.7 Å². The van der Waals surface area contributed by atoms with Gasteiger partial charge in [-0.3, -0.25) is 14.6 Å². The Morgan fingerprint density at radius 1 is 1.12 bits per heavy atom. The quantitative estimate of drug-likeness (QED) is 0.843. The molecule has 2 aliphatic rings. The van der Waals surface area contributed by atoms with Crippen molar-refractivity contribution in [1.29, 1.82) is 5.26 Å². The molecule has 1 aromatic carbocycles. The maximum absolute atomic E-state index is 12.6. The van der Waals surface area contributed by atoms with Crippen molar-refractivity contribution in [3.8, 4) is 6.07 Å². The van der Waals surface area contributed by atoms with Gasteiger partial charge in [0.15, 0.2) is 0 Å². The van der Waals surface area contributed by atoms with E-state index in [2.05, 4.69) is 29.7 Å². The van der Waals surface area contributed by atoms with Crippen LogP contribution in [0, 0.1) is 11.3 Å². The fourth-order valence-corrected chi connectivity index (χ4v) is 4.03. The standard InChI is InChI=1S/C20H28N4O/c1-16-6-7-17(2)24(16)13-10-22-8-11-23(12-9-22)20(25)19-5-3-4-18(14-19)15-21/h3-5,14,16-17H,6-13H2,1-2H3/t16-,17-/m0/s1. The van der Waals surface area contributed by atoms with Crippen molar-refractivity contribution in [2.45, 2.75) is 38.8 Å². The Bertz CT molecular complexity index is 635. The molecule has 3 rings (SSSR count). The van der Waals surface area contributed by atoms with Crippen LogP contribution in [0.4, 0.5) is 0 Å². The number of carbonyl (C=O) groups is 1. The number of hydrogen-bond acceptors (Lipinski definition) is 4. The number of rotatable bonds is 4. The van der Waals surface area contributed by atoms with Crippen molar-refractivity contribution >= 4 is 5.91 Å². The van der Waals surface area contributed by atoms with Crippen LogP contribution in [0.5, 0.6) is 0 Å². The maximum atomic E-state index is 12.6. The van der Waals surface area contributed by atoms with Gasteiger partial charge in [-0.15, -0.1) is 0 Å². The molecule has 1 amide bonds. The Balaban J connectivity index is 1.48. The highest BCUT2D eigenvalue weighted by Gasteiger charge is 2.28. The summed E-state index contributed by atoms with van der Waals surface area (Å²) >= 11 is 0. The summed E-state index contributed by atoms with van der Waals surface area (Å²) in [4.78, 5) is 19.6. The first-order chi connectivity index (χ1) is 12.1. The van der Waals surface area contributed by atoms with Crippen LogP contribution in [0.2, 0.25) is 0 Å². The van der Waals surface area contributed by atoms with Crippen LogP contribution in [-0.4, -0.2) is 72.0 Å². The molecule has 5 nitrogen and oxygen atoms in total. The number of hydrogen-bond donors (Lipinski definition) is 0. The van der Waals surface area contributed by atoms with Crippen molar-refractivity contribution < 1.29 is 4.79 Å². The van der Waals surface area contributed by atoms with Crippen LogP contribution in [0.25, 0.3) is 0 Å². The minimum Gasteiger partial charge on any atom is -0.336 e. The minimum absolute atomic E-state index is 0.0403. The topological polar surface area (TPSA) is 50.6 Å². The van der Waals surface area contributed by atoms with Gasteiger partial charge in [-0.1, -0.05) is 6.07 Å². The second kappa shape index (κ2) is 7.99. The highest BCUT2D eigenvalue weighted by molar-refractivity contribution is 5.94. The molecule has 2 fully saturated rings. The number of carbonyl (C=O) groups excluding carboxylic acids is 1. The first-order valence-electron chi connectivity index (χ1n) is 9.36. The summed E-state index contributed by atoms with van der Waals surface area (Å²) in [5.74, 6) is 0.0403. The number of likely N-dealkylation sites (tertiary alicyclic amines) is 1. The molecule has 2 heterocycles. The van der Waals surface area contributed by atoms with Crippen LogP contribution >= 0.6 is 0 Å². The third-order valence-corrected chi connectivity index (χ3v) is 5.71. The maximum Gasteiger partial charge on any atom is 0.253 e. The van der Waals surface area contributed by atoms with E-state index in [0.717, 1.165) is 39.3 Å². The predicted molar refractivity (Wildman–Crippen MR) is 98.4 cm³/mol. The lowest BCUT2D eigenvalue weighted by Gasteiger charge is -2.36. The average Bonchev–Trinajstić information content (AvgIpc) is 2.97. The van der Waals surface area contributed by atoms with E-state index in [-0.39, 0.29) is 5.91 Å². The SMILES string of the molecule is C[C@H]1CC[C@H](C)N1CCN1CCN(C(=O)c2cccc(C#N)c2)CC1. The molecule has 25 heavy (non-hydrogen) atoms. The van der Waals surface area contributed by atoms with Crippen molar-refractivity contribution in [3.63, 3.8) is 0 Å². The van der Waals surface area contributed by atoms with Gasteiger partial charge in [0.2, 0.25) is 0 Å². The van der Waals surface area contributed by atoms with E-state index < -0.39 is 0 Å². The molecule has 2 aliphatic heterocycles. The molecule has 0 aliphatic carbocycles. The molecule has 0 aromatic heterocycles. The van der Waals surface area contributed by atoms with Gasteiger partial charge >= 0.3 is 0 Å². The molecule has 0 saturated carbocycles. The van der Waals surface area contributed by atoms with Crippen LogP contribution in [0.15, 0.2) is 24.3 Å². The molecule has 0 spiro atoms. The number of nitriles is 1. The summed E-state index contributed by atoms with van der Waals surface area (Å²) < 4.78 is 0. The zero-order chi connectivity index (χ0) is 17.8. The molecule has 0 bridgehead atoms. The molecule has 2 atom stereocenters. The normalized spacial score (nSPS) is 25.1. The number of nitrogens with zero attached hydrogens (tertiary/aromatic N) is 4. The summed E-state index contributed by atoms with van der Waals surface area (Å²) in [5.41, 5.74) is 1.16. The molecule has 5 heteroatoms. The molecule has 1 aromatic rings. The highest BCUT2D eigenvalue weighted by Crippen LogP contribution is 2.23. The fraction of sp³-hybridized carbons (Fsp3) is 0.600. The summed E-state index contributed by atoms with van der Waals surface area (Å²) in [6.45, 7) is 10.3. The third-order valence-electron chi connectivity index (χ3n) is 5.71. The summed E-state index contributed by atoms with van der Waals surface area (Å²) in [7, 11) is 0. The summed E-state index contributed by atoms with van der Waals surface area (Å²) in [6, 6.07) is 10.5. The van der Waals surface area contributed by atoms with E-state index in [0.29, 0.717) is 23.2 Å². The van der Waals surface area contributed by atoms with Crippen molar-refractivity contribution in [2.24, 2.45) is 0 Å². The molecular formula is C20H28N4O. The molecule has 2 saturated heterocycles. The Labute approximate surface area is 150 Å². The van der Waals surface area contributed by atoms with Gasteiger partial charge in [0, 0.05) is 56.9 Å². The summed E-state index contributed by atoms with van der Waals surface area (Å²) in [5, 5.41) is 8.99. The molecular weight excluding hydrogens is 312 g/mol. The van der Waals surface area contributed by atoms with E-state index in [9.17, 15) is 4.79 Å². The molecule has 134 valence electrons. The van der Waals surface area contributed by atoms with Gasteiger partial charge in [-0.25, -0.2) is 0 Å². The van der Waals surface area contributed by atoms with Crippen LogP contribution in [0.1, 0.15) is 42.6 Å². The van der Waals surface area contributed by atoms with E-state index in [1.807, 2.05) is 4.90 Å². The highest BCUT2D eigenvalue weighted by atomic mass is 16.2. The van der Waals surface area contributed by atoms with Gasteiger partial charge in [-0.05, 0) is 44.9 Å². The third kappa shape index (κ3) is 4.20. The largest absolute Gasteiger partial charge is 0.336 e. The monoisotopic (exact) mass is 340 g/mol. The molecule has 0 N–H and O–H groups in total. The lowest BCUT2D eigenvalue weighted by molar-refractivity contribution is 0.0614. The number of piperazine rings is 1. The van der Waals surface area contributed by atoms with Gasteiger partial charge in [-0.2, -0.15) is 5.26 Å². The second-order valence-electron chi connectivity index (χ2n) is 7.34. The van der Waals surface area contributed by atoms with Crippen LogP contribution in [-0.2, 0) is 0 Å². The Morgan fingerprint density at radius 2 is 1.80 bits per heavy atom. The minimum atomic E-state index is 0.0403. The fourth-order valence-electron chi connectivity index (χ4n) is 4.03. The van der Waals surface area contributed by atoms with Crippen LogP contribution in [0.3, 0.4) is 0 Å². The van der Waals surface area contributed by atoms with Crippen molar-refractivity contribution in [3.05, 3.63) is 35.4 Å². The first-order valence-corrected chi connectivity index (χ1v) is 9.36. The second-order valence-corrected chi connectivity index (χ2v) is 7.34. The smallest absolute Gasteiger partial charge is 0.253 e. The summed E-state index contributed by atoms with van der Waals surface area (Å²) in [6.07, 6.45) is 2.62. The zero-order valence-electron chi connectivity index (χ0n) is 15.3. The van der Waals surface area contributed by atoms with E-state index in [1.54, 1.807) is 24.3 Å². The van der Waals surface area contributed by atoms with E-state index in [4.69, 9.17) is 5.26 Å². The lowest BCUT2D eigenvalue weighted by atomic mass is 10.1. The Morgan fingerprint density at radius 3 is 2.44 bits per heavy atom. The number of amides is 1. The zero-order valence-corrected chi connectivity index (χ0v) is 15.3. The van der Waals surface area contributed by atoms with E-state index in [1.165, 1.54) is 12.8 Å². The predicted octanol–water partition coefficient (Wildman–Crippen LogP) is 2.19. The van der Waals surface area contributed by atoms with Gasteiger partial charge < -0.3 is 4.90 Å². The molecule has 0 radical (unpaired) electrons. The Kier molecular flexibility index (Phi) is 5.72. The van der Waals surface area contributed by atoms with E-state index >= 15 is 0 Å². The van der Waals surface area contributed by atoms with Crippen LogP contribution < -0.4 is 0 Å². The van der Waals surface area contributed by atoms with Crippen molar-refractivity contribution in [2.75, 3.05) is 39.3 Å². The van der Waals surface area contributed by atoms with Gasteiger partial charge in [0.05, 0.1) is 11.6 Å². The first kappa shape index (κ1) is 17.9. The van der Waals surface area contributed by atoms with Gasteiger partial charge in [0.1, 0.15) is 0 Å². The number of benzene rings is 1. The Hall–Kier alpha value is -1.90. The lowest BCUT2D eigenvalue weighted by Crippen LogP contribution is -2.50. The van der Waals surface area contributed by atoms with Gasteiger partial charge in [0.25, 0.3) is 5.91 Å². The average molecular weight is 340 g/mol.